The van der Waals surface area contributed by atoms with Gasteiger partial charge < -0.3 is 15.4 Å². The number of hydrogen-bond acceptors (Lipinski definition) is 4. The smallest absolute Gasteiger partial charge is 0.233 e. The summed E-state index contributed by atoms with van der Waals surface area (Å²) < 4.78 is 5.22. The molecular formula is C22H34N4O3. The Kier molecular flexibility index (Phi) is 5.95. The quantitative estimate of drug-likeness (QED) is 0.190. The largest absolute Gasteiger partial charge is 0.385 e. The van der Waals surface area contributed by atoms with E-state index in [1.807, 2.05) is 0 Å². The number of nitrogens with one attached hydrogen (secondary N) is 2. The lowest BCUT2D eigenvalue weighted by molar-refractivity contribution is -0.140. The van der Waals surface area contributed by atoms with E-state index in [4.69, 9.17) is 9.73 Å². The zero-order valence-electron chi connectivity index (χ0n) is 17.7. The van der Waals surface area contributed by atoms with Crippen LogP contribution in [0.25, 0.3) is 0 Å². The minimum absolute atomic E-state index is 0.0474. The molecule has 4 aliphatic rings. The van der Waals surface area contributed by atoms with Gasteiger partial charge in [-0.3, -0.25) is 19.5 Å². The predicted molar refractivity (Wildman–Crippen MR) is 111 cm³/mol. The third-order valence-corrected chi connectivity index (χ3v) is 7.12. The van der Waals surface area contributed by atoms with Crippen LogP contribution in [0.5, 0.6) is 0 Å². The Labute approximate surface area is 173 Å². The molecule has 1 heterocycles. The summed E-state index contributed by atoms with van der Waals surface area (Å²) in [4.78, 5) is 31.7. The highest BCUT2D eigenvalue weighted by Crippen LogP contribution is 2.52. The monoisotopic (exact) mass is 402 g/mol. The van der Waals surface area contributed by atoms with Gasteiger partial charge in [-0.05, 0) is 56.3 Å². The molecule has 3 aliphatic carbocycles. The van der Waals surface area contributed by atoms with Gasteiger partial charge in [0.2, 0.25) is 11.8 Å². The van der Waals surface area contributed by atoms with Crippen LogP contribution in [-0.2, 0) is 14.3 Å². The van der Waals surface area contributed by atoms with Crippen LogP contribution >= 0.6 is 0 Å². The summed E-state index contributed by atoms with van der Waals surface area (Å²) in [5.41, 5.74) is 0.317. The molecular weight excluding hydrogens is 368 g/mol. The molecule has 0 aromatic heterocycles. The van der Waals surface area contributed by atoms with Crippen LogP contribution in [0, 0.1) is 29.1 Å². The van der Waals surface area contributed by atoms with Gasteiger partial charge in [-0.2, -0.15) is 0 Å². The molecule has 0 radical (unpaired) electrons. The summed E-state index contributed by atoms with van der Waals surface area (Å²) in [6, 6.07) is 0. The van der Waals surface area contributed by atoms with Gasteiger partial charge in [-0.1, -0.05) is 12.2 Å². The Morgan fingerprint density at radius 3 is 2.48 bits per heavy atom. The summed E-state index contributed by atoms with van der Waals surface area (Å²) in [6.07, 6.45) is 9.50. The van der Waals surface area contributed by atoms with Crippen molar-refractivity contribution in [3.63, 3.8) is 0 Å². The van der Waals surface area contributed by atoms with Gasteiger partial charge in [0.25, 0.3) is 0 Å². The number of allylic oxidation sites excluding steroid dienone is 2. The van der Waals surface area contributed by atoms with Crippen molar-refractivity contribution in [2.24, 2.45) is 34.1 Å². The number of likely N-dealkylation sites (tertiary alicyclic amines) is 1. The second-order valence-corrected chi connectivity index (χ2v) is 9.05. The molecule has 1 saturated heterocycles. The van der Waals surface area contributed by atoms with E-state index in [1.165, 1.54) is 17.7 Å². The van der Waals surface area contributed by atoms with Crippen LogP contribution in [0.4, 0.5) is 0 Å². The van der Waals surface area contributed by atoms with Crippen LogP contribution in [0.2, 0.25) is 0 Å². The number of ether oxygens (including phenoxy) is 1. The van der Waals surface area contributed by atoms with Gasteiger partial charge in [-0.25, -0.2) is 0 Å². The molecule has 2 amide bonds. The summed E-state index contributed by atoms with van der Waals surface area (Å²) in [7, 11) is 1.75. The fourth-order valence-electron chi connectivity index (χ4n) is 5.20. The number of rotatable bonds is 10. The van der Waals surface area contributed by atoms with Gasteiger partial charge in [0.05, 0.1) is 11.8 Å². The zero-order valence-corrected chi connectivity index (χ0v) is 17.7. The Morgan fingerprint density at radius 1 is 1.21 bits per heavy atom. The lowest BCUT2D eigenvalue weighted by Crippen LogP contribution is -2.40. The van der Waals surface area contributed by atoms with E-state index < -0.39 is 0 Å². The molecule has 7 heteroatoms. The lowest BCUT2D eigenvalue weighted by atomic mass is 9.85. The molecule has 4 rings (SSSR count). The predicted octanol–water partition coefficient (Wildman–Crippen LogP) is 1.56. The molecule has 0 aromatic rings. The summed E-state index contributed by atoms with van der Waals surface area (Å²) in [5.74, 6) is 1.29. The number of aliphatic imine (C=N–C) groups is 1. The first-order chi connectivity index (χ1) is 14.1. The number of fused-ring (bicyclic) bond motifs is 5. The molecule has 0 aromatic carbocycles. The third-order valence-electron chi connectivity index (χ3n) is 7.12. The highest BCUT2D eigenvalue weighted by Gasteiger charge is 2.58. The molecule has 1 aliphatic heterocycles. The number of nitrogens with zero attached hydrogens (tertiary/aromatic N) is 2. The van der Waals surface area contributed by atoms with Crippen LogP contribution in [0.15, 0.2) is 17.1 Å². The standard InChI is InChI=1S/C22H34N4O3/c1-3-23-21(25-14-22(7-8-22)9-12-29-2)24-10-4-11-26-19(27)17-15-5-6-16(13-15)18(17)20(26)28/h5-6,15-18H,3-4,7-14H2,1-2H3,(H2,23,24,25). The molecule has 4 atom stereocenters. The van der Waals surface area contributed by atoms with Crippen molar-refractivity contribution in [3.8, 4) is 0 Å². The molecule has 2 N–H and O–H groups in total. The van der Waals surface area contributed by atoms with E-state index in [-0.39, 0.29) is 35.5 Å². The number of imide groups is 1. The normalized spacial score (nSPS) is 31.5. The fraction of sp³-hybridized carbons (Fsp3) is 0.773. The minimum atomic E-state index is -0.0915. The first-order valence-electron chi connectivity index (χ1n) is 11.1. The summed E-state index contributed by atoms with van der Waals surface area (Å²) >= 11 is 0. The highest BCUT2D eigenvalue weighted by molar-refractivity contribution is 6.06. The average Bonchev–Trinajstić information content (AvgIpc) is 3.06. The first-order valence-corrected chi connectivity index (χ1v) is 11.1. The number of methoxy groups -OCH3 is 1. The van der Waals surface area contributed by atoms with Crippen molar-refractivity contribution in [2.45, 2.75) is 39.0 Å². The van der Waals surface area contributed by atoms with E-state index >= 15 is 0 Å². The maximum atomic E-state index is 12.7. The molecule has 0 spiro atoms. The minimum Gasteiger partial charge on any atom is -0.385 e. The van der Waals surface area contributed by atoms with Crippen LogP contribution in [0.3, 0.4) is 0 Å². The van der Waals surface area contributed by atoms with E-state index in [9.17, 15) is 9.59 Å². The van der Waals surface area contributed by atoms with Gasteiger partial charge >= 0.3 is 0 Å². The van der Waals surface area contributed by atoms with Crippen molar-refractivity contribution in [2.75, 3.05) is 39.9 Å². The van der Waals surface area contributed by atoms with Crippen molar-refractivity contribution in [3.05, 3.63) is 12.2 Å². The fourth-order valence-corrected chi connectivity index (χ4v) is 5.20. The Morgan fingerprint density at radius 2 is 1.90 bits per heavy atom. The third kappa shape index (κ3) is 4.06. The maximum Gasteiger partial charge on any atom is 0.233 e. The van der Waals surface area contributed by atoms with Crippen LogP contribution < -0.4 is 10.6 Å². The number of guanidine groups is 1. The topological polar surface area (TPSA) is 83.0 Å². The highest BCUT2D eigenvalue weighted by atomic mass is 16.5. The van der Waals surface area contributed by atoms with Crippen molar-refractivity contribution < 1.29 is 14.3 Å². The Hall–Kier alpha value is -1.89. The maximum absolute atomic E-state index is 12.7. The van der Waals surface area contributed by atoms with Crippen molar-refractivity contribution >= 4 is 17.8 Å². The van der Waals surface area contributed by atoms with Crippen LogP contribution in [-0.4, -0.2) is 62.6 Å². The first kappa shape index (κ1) is 20.4. The van der Waals surface area contributed by atoms with Gasteiger partial charge in [0.1, 0.15) is 0 Å². The average molecular weight is 403 g/mol. The van der Waals surface area contributed by atoms with Crippen molar-refractivity contribution in [1.82, 2.24) is 15.5 Å². The molecule has 3 fully saturated rings. The van der Waals surface area contributed by atoms with Gasteiger partial charge in [-0.15, -0.1) is 0 Å². The number of carbonyl (C=O) groups is 2. The Balaban J connectivity index is 1.23. The lowest BCUT2D eigenvalue weighted by Gasteiger charge is -2.18. The zero-order chi connectivity index (χ0) is 20.4. The van der Waals surface area contributed by atoms with E-state index in [0.717, 1.165) is 44.9 Å². The molecule has 7 nitrogen and oxygen atoms in total. The van der Waals surface area contributed by atoms with E-state index in [2.05, 4.69) is 29.7 Å². The Bertz CT molecular complexity index is 670. The second-order valence-electron chi connectivity index (χ2n) is 9.05. The summed E-state index contributed by atoms with van der Waals surface area (Å²) in [5, 5.41) is 6.65. The van der Waals surface area contributed by atoms with Crippen molar-refractivity contribution in [1.29, 1.82) is 0 Å². The molecule has 2 saturated carbocycles. The van der Waals surface area contributed by atoms with E-state index in [0.29, 0.717) is 18.5 Å². The number of carbonyl (C=O) groups excluding carboxylic acids is 2. The number of hydrogen-bond donors (Lipinski definition) is 2. The summed E-state index contributed by atoms with van der Waals surface area (Å²) in [6.45, 7) is 5.64. The molecule has 160 valence electrons. The van der Waals surface area contributed by atoms with Gasteiger partial charge in [0, 0.05) is 39.9 Å². The second kappa shape index (κ2) is 8.46. The molecule has 2 bridgehead atoms. The van der Waals surface area contributed by atoms with Crippen LogP contribution in [0.1, 0.15) is 39.0 Å². The molecule has 29 heavy (non-hydrogen) atoms. The number of amides is 2. The molecule has 4 unspecified atom stereocenters. The van der Waals surface area contributed by atoms with E-state index in [1.54, 1.807) is 7.11 Å². The SMILES string of the molecule is CCNC(=NCC1(CCOC)CC1)NCCCN1C(=O)C2C3C=CC(C3)C2C1=O. The van der Waals surface area contributed by atoms with Gasteiger partial charge in [0.15, 0.2) is 5.96 Å².